The first-order valence-electron chi connectivity index (χ1n) is 9.20. The highest BCUT2D eigenvalue weighted by atomic mass is 16.5. The Balaban J connectivity index is 1.82. The third kappa shape index (κ3) is 5.40. The summed E-state index contributed by atoms with van der Waals surface area (Å²) in [7, 11) is 5.75. The van der Waals surface area contributed by atoms with E-state index in [0.29, 0.717) is 12.5 Å². The molecule has 2 aromatic heterocycles. The van der Waals surface area contributed by atoms with Crippen molar-refractivity contribution >= 4 is 11.8 Å². The molecule has 0 bridgehead atoms. The number of aromatic nitrogens is 3. The van der Waals surface area contributed by atoms with Crippen LogP contribution in [-0.4, -0.2) is 54.1 Å². The van der Waals surface area contributed by atoms with E-state index in [2.05, 4.69) is 30.5 Å². The molecule has 7 nitrogen and oxygen atoms in total. The highest BCUT2D eigenvalue weighted by Gasteiger charge is 2.09. The van der Waals surface area contributed by atoms with Crippen LogP contribution in [-0.2, 0) is 6.54 Å². The summed E-state index contributed by atoms with van der Waals surface area (Å²) in [6, 6.07) is 15.6. The quantitative estimate of drug-likeness (QED) is 0.592. The van der Waals surface area contributed by atoms with Crippen molar-refractivity contribution in [3.05, 3.63) is 60.3 Å². The van der Waals surface area contributed by atoms with Crippen molar-refractivity contribution in [2.45, 2.75) is 6.54 Å². The van der Waals surface area contributed by atoms with E-state index in [1.54, 1.807) is 13.3 Å². The minimum Gasteiger partial charge on any atom is -0.496 e. The fourth-order valence-corrected chi connectivity index (χ4v) is 2.69. The Bertz CT molecular complexity index is 885. The minimum atomic E-state index is 0.576. The number of para-hydroxylation sites is 1. The molecule has 0 amide bonds. The zero-order valence-corrected chi connectivity index (χ0v) is 16.5. The molecule has 2 heterocycles. The summed E-state index contributed by atoms with van der Waals surface area (Å²) >= 11 is 0. The van der Waals surface area contributed by atoms with Crippen molar-refractivity contribution in [2.24, 2.45) is 0 Å². The highest BCUT2D eigenvalue weighted by Crippen LogP contribution is 2.22. The molecule has 0 saturated heterocycles. The van der Waals surface area contributed by atoms with E-state index >= 15 is 0 Å². The summed E-state index contributed by atoms with van der Waals surface area (Å²) in [6.45, 7) is 2.24. The number of rotatable bonds is 9. The summed E-state index contributed by atoms with van der Waals surface area (Å²) < 4.78 is 5.43. The molecule has 3 aromatic rings. The molecule has 1 aromatic carbocycles. The van der Waals surface area contributed by atoms with Gasteiger partial charge >= 0.3 is 0 Å². The van der Waals surface area contributed by atoms with Gasteiger partial charge in [0.25, 0.3) is 0 Å². The van der Waals surface area contributed by atoms with Gasteiger partial charge < -0.3 is 20.3 Å². The van der Waals surface area contributed by atoms with Gasteiger partial charge in [0, 0.05) is 37.5 Å². The van der Waals surface area contributed by atoms with Gasteiger partial charge in [-0.1, -0.05) is 24.3 Å². The predicted octanol–water partition coefficient (Wildman–Crippen LogP) is 3.13. The number of nitrogens with one attached hydrogen (secondary N) is 2. The van der Waals surface area contributed by atoms with Crippen LogP contribution in [0.15, 0.2) is 54.7 Å². The number of pyridine rings is 1. The molecule has 146 valence electrons. The van der Waals surface area contributed by atoms with E-state index in [0.717, 1.165) is 41.6 Å². The van der Waals surface area contributed by atoms with Crippen molar-refractivity contribution in [1.29, 1.82) is 0 Å². The van der Waals surface area contributed by atoms with E-state index in [-0.39, 0.29) is 0 Å². The molecule has 0 fully saturated rings. The van der Waals surface area contributed by atoms with Crippen LogP contribution < -0.4 is 15.4 Å². The Morgan fingerprint density at radius 2 is 1.79 bits per heavy atom. The fraction of sp³-hybridized carbons (Fsp3) is 0.286. The number of hydrogen-bond donors (Lipinski definition) is 2. The first-order chi connectivity index (χ1) is 13.7. The van der Waals surface area contributed by atoms with Crippen molar-refractivity contribution in [1.82, 2.24) is 19.9 Å². The molecule has 0 aliphatic carbocycles. The van der Waals surface area contributed by atoms with E-state index in [9.17, 15) is 0 Å². The van der Waals surface area contributed by atoms with Gasteiger partial charge in [-0.25, -0.2) is 4.98 Å². The zero-order valence-electron chi connectivity index (χ0n) is 16.5. The van der Waals surface area contributed by atoms with Crippen LogP contribution in [0.4, 0.5) is 11.8 Å². The molecule has 0 spiro atoms. The first kappa shape index (κ1) is 19.6. The van der Waals surface area contributed by atoms with Gasteiger partial charge in [0.15, 0.2) is 0 Å². The van der Waals surface area contributed by atoms with Crippen LogP contribution in [0, 0.1) is 0 Å². The van der Waals surface area contributed by atoms with E-state index in [1.807, 2.05) is 62.6 Å². The van der Waals surface area contributed by atoms with Gasteiger partial charge in [-0.15, -0.1) is 0 Å². The minimum absolute atomic E-state index is 0.576. The molecule has 0 unspecified atom stereocenters. The molecular weight excluding hydrogens is 352 g/mol. The fourth-order valence-electron chi connectivity index (χ4n) is 2.69. The molecule has 3 rings (SSSR count). The number of benzene rings is 1. The van der Waals surface area contributed by atoms with E-state index in [1.165, 1.54) is 0 Å². The van der Waals surface area contributed by atoms with Gasteiger partial charge in [-0.05, 0) is 32.3 Å². The van der Waals surface area contributed by atoms with Gasteiger partial charge in [-0.3, -0.25) is 4.98 Å². The molecule has 0 aliphatic rings. The van der Waals surface area contributed by atoms with E-state index in [4.69, 9.17) is 4.74 Å². The van der Waals surface area contributed by atoms with Gasteiger partial charge in [0.05, 0.1) is 18.5 Å². The number of likely N-dealkylation sites (N-methyl/N-ethyl adjacent to an activating group) is 1. The predicted molar refractivity (Wildman–Crippen MR) is 113 cm³/mol. The number of hydrogen-bond acceptors (Lipinski definition) is 7. The summed E-state index contributed by atoms with van der Waals surface area (Å²) in [5.74, 6) is 2.15. The second-order valence-electron chi connectivity index (χ2n) is 6.57. The van der Waals surface area contributed by atoms with Crippen molar-refractivity contribution in [3.63, 3.8) is 0 Å². The maximum Gasteiger partial charge on any atom is 0.225 e. The monoisotopic (exact) mass is 378 g/mol. The molecular formula is C21H26N6O. The summed E-state index contributed by atoms with van der Waals surface area (Å²) in [5, 5.41) is 6.67. The number of anilines is 2. The van der Waals surface area contributed by atoms with Crippen molar-refractivity contribution in [2.75, 3.05) is 44.9 Å². The second kappa shape index (κ2) is 9.66. The first-order valence-corrected chi connectivity index (χ1v) is 9.20. The number of ether oxygens (including phenoxy) is 1. The molecule has 2 N–H and O–H groups in total. The van der Waals surface area contributed by atoms with Crippen LogP contribution in [0.2, 0.25) is 0 Å². The van der Waals surface area contributed by atoms with Crippen LogP contribution in [0.3, 0.4) is 0 Å². The number of methoxy groups -OCH3 is 1. The van der Waals surface area contributed by atoms with Crippen LogP contribution >= 0.6 is 0 Å². The average Bonchev–Trinajstić information content (AvgIpc) is 2.72. The molecule has 0 aliphatic heterocycles. The smallest absolute Gasteiger partial charge is 0.225 e. The Morgan fingerprint density at radius 3 is 2.54 bits per heavy atom. The van der Waals surface area contributed by atoms with Crippen molar-refractivity contribution < 1.29 is 4.74 Å². The molecule has 0 atom stereocenters. The highest BCUT2D eigenvalue weighted by molar-refractivity contribution is 5.61. The number of nitrogens with zero attached hydrogens (tertiary/aromatic N) is 4. The second-order valence-corrected chi connectivity index (χ2v) is 6.57. The zero-order chi connectivity index (χ0) is 19.8. The molecule has 0 saturated carbocycles. The lowest BCUT2D eigenvalue weighted by molar-refractivity contribution is 0.410. The normalized spacial score (nSPS) is 10.7. The maximum atomic E-state index is 5.43. The molecule has 28 heavy (non-hydrogen) atoms. The lowest BCUT2D eigenvalue weighted by Crippen LogP contribution is -2.21. The summed E-state index contributed by atoms with van der Waals surface area (Å²) in [4.78, 5) is 15.7. The largest absolute Gasteiger partial charge is 0.496 e. The third-order valence-corrected chi connectivity index (χ3v) is 4.15. The Hall–Kier alpha value is -3.19. The Labute approximate surface area is 165 Å². The van der Waals surface area contributed by atoms with Crippen molar-refractivity contribution in [3.8, 4) is 17.1 Å². The van der Waals surface area contributed by atoms with E-state index < -0.39 is 0 Å². The topological polar surface area (TPSA) is 75.2 Å². The van der Waals surface area contributed by atoms with Gasteiger partial charge in [0.1, 0.15) is 11.6 Å². The average molecular weight is 378 g/mol. The third-order valence-electron chi connectivity index (χ3n) is 4.15. The lowest BCUT2D eigenvalue weighted by atomic mass is 10.2. The Morgan fingerprint density at radius 1 is 0.964 bits per heavy atom. The van der Waals surface area contributed by atoms with Crippen LogP contribution in [0.1, 0.15) is 5.56 Å². The maximum absolute atomic E-state index is 5.43. The molecule has 7 heteroatoms. The Kier molecular flexibility index (Phi) is 6.75. The van der Waals surface area contributed by atoms with Crippen LogP contribution in [0.25, 0.3) is 11.4 Å². The standard InChI is InChI=1S/C21H26N6O/c1-27(2)13-12-23-21-25-18(17-9-6-7-11-22-17)14-20(26-21)24-15-16-8-4-5-10-19(16)28-3/h4-11,14H,12-13,15H2,1-3H3,(H2,23,24,25,26). The van der Waals surface area contributed by atoms with Crippen LogP contribution in [0.5, 0.6) is 5.75 Å². The summed E-state index contributed by atoms with van der Waals surface area (Å²) in [6.07, 6.45) is 1.76. The SMILES string of the molecule is COc1ccccc1CNc1cc(-c2ccccn2)nc(NCCN(C)C)n1. The summed E-state index contributed by atoms with van der Waals surface area (Å²) in [5.41, 5.74) is 2.64. The lowest BCUT2D eigenvalue weighted by Gasteiger charge is -2.14. The van der Waals surface area contributed by atoms with Gasteiger partial charge in [-0.2, -0.15) is 4.98 Å². The van der Waals surface area contributed by atoms with Gasteiger partial charge in [0.2, 0.25) is 5.95 Å². The molecule has 0 radical (unpaired) electrons.